The number of hydrogen-bond acceptors (Lipinski definition) is 6. The number of carbonyl (C=O) groups excluding carboxylic acids is 1. The Kier molecular flexibility index (Phi) is 8.24. The lowest BCUT2D eigenvalue weighted by Gasteiger charge is -2.32. The van der Waals surface area contributed by atoms with Crippen molar-refractivity contribution in [2.75, 3.05) is 13.2 Å². The van der Waals surface area contributed by atoms with Crippen molar-refractivity contribution in [3.8, 4) is 11.3 Å². The lowest BCUT2D eigenvalue weighted by atomic mass is 9.90. The molecule has 3 N–H and O–H groups in total. The summed E-state index contributed by atoms with van der Waals surface area (Å²) in [7, 11) is 0. The molecule has 0 aliphatic carbocycles. The number of pyridine rings is 1. The summed E-state index contributed by atoms with van der Waals surface area (Å²) in [6.45, 7) is 2.99. The summed E-state index contributed by atoms with van der Waals surface area (Å²) in [5, 5.41) is 5.84. The Morgan fingerprint density at radius 1 is 1.32 bits per heavy atom. The maximum atomic E-state index is 12.5. The van der Waals surface area contributed by atoms with Crippen LogP contribution in [-0.2, 0) is 9.53 Å². The lowest BCUT2D eigenvalue weighted by molar-refractivity contribution is -0.130. The van der Waals surface area contributed by atoms with Gasteiger partial charge in [-0.25, -0.2) is 4.98 Å². The predicted molar refractivity (Wildman–Crippen MR) is 103 cm³/mol. The Morgan fingerprint density at radius 3 is 2.60 bits per heavy atom. The van der Waals surface area contributed by atoms with Crippen LogP contribution < -0.4 is 11.1 Å². The Bertz CT molecular complexity index is 678. The number of rotatable bonds is 4. The molecule has 0 spiro atoms. The number of nitrogens with zero attached hydrogens (tertiary/aromatic N) is 2. The van der Waals surface area contributed by atoms with E-state index in [9.17, 15) is 4.79 Å². The van der Waals surface area contributed by atoms with E-state index >= 15 is 0 Å². The fraction of sp³-hybridized carbons (Fsp3) is 0.438. The molecule has 0 radical (unpaired) electrons. The Labute approximate surface area is 163 Å². The first-order valence-electron chi connectivity index (χ1n) is 7.62. The van der Waals surface area contributed by atoms with Gasteiger partial charge in [0.25, 0.3) is 0 Å². The van der Waals surface area contributed by atoms with Crippen LogP contribution in [0.15, 0.2) is 29.9 Å². The van der Waals surface area contributed by atoms with Gasteiger partial charge in [0, 0.05) is 36.6 Å². The number of amides is 1. The summed E-state index contributed by atoms with van der Waals surface area (Å²) in [4.78, 5) is 21.1. The normalized spacial score (nSPS) is 16.9. The molecule has 1 amide bonds. The van der Waals surface area contributed by atoms with Crippen LogP contribution in [0.4, 0.5) is 0 Å². The fourth-order valence-corrected chi connectivity index (χ4v) is 3.34. The predicted octanol–water partition coefficient (Wildman–Crippen LogP) is 2.73. The van der Waals surface area contributed by atoms with Crippen LogP contribution in [0.25, 0.3) is 11.3 Å². The maximum Gasteiger partial charge on any atom is 0.240 e. The average molecular weight is 405 g/mol. The van der Waals surface area contributed by atoms with Gasteiger partial charge in [-0.05, 0) is 31.9 Å². The summed E-state index contributed by atoms with van der Waals surface area (Å²) in [6.07, 6.45) is 4.57. The van der Waals surface area contributed by atoms with Gasteiger partial charge in [-0.1, -0.05) is 0 Å². The topological polar surface area (TPSA) is 90.1 Å². The lowest BCUT2D eigenvalue weighted by Crippen LogP contribution is -2.57. The first kappa shape index (κ1) is 21.8. The van der Waals surface area contributed by atoms with E-state index in [1.165, 1.54) is 11.3 Å². The van der Waals surface area contributed by atoms with Gasteiger partial charge in [0.15, 0.2) is 0 Å². The van der Waals surface area contributed by atoms with E-state index < -0.39 is 5.54 Å². The van der Waals surface area contributed by atoms with Gasteiger partial charge in [0.1, 0.15) is 5.01 Å². The van der Waals surface area contributed by atoms with Crippen LogP contribution in [-0.4, -0.2) is 34.6 Å². The zero-order chi connectivity index (χ0) is 16.3. The number of halogens is 2. The van der Waals surface area contributed by atoms with Crippen LogP contribution in [0.5, 0.6) is 0 Å². The highest BCUT2D eigenvalue weighted by molar-refractivity contribution is 7.10. The first-order valence-corrected chi connectivity index (χ1v) is 8.50. The summed E-state index contributed by atoms with van der Waals surface area (Å²) in [5.74, 6) is -0.131. The van der Waals surface area contributed by atoms with E-state index in [1.54, 1.807) is 12.4 Å². The van der Waals surface area contributed by atoms with Crippen LogP contribution in [0.3, 0.4) is 0 Å². The van der Waals surface area contributed by atoms with Gasteiger partial charge in [-0.2, -0.15) is 0 Å². The summed E-state index contributed by atoms with van der Waals surface area (Å²) >= 11 is 1.53. The number of hydrogen-bond donors (Lipinski definition) is 2. The largest absolute Gasteiger partial charge is 0.381 e. The van der Waals surface area contributed by atoms with Crippen molar-refractivity contribution < 1.29 is 9.53 Å². The van der Waals surface area contributed by atoms with Crippen molar-refractivity contribution in [3.63, 3.8) is 0 Å². The van der Waals surface area contributed by atoms with E-state index in [1.807, 2.05) is 24.4 Å². The van der Waals surface area contributed by atoms with E-state index in [0.29, 0.717) is 26.1 Å². The highest BCUT2D eigenvalue weighted by Crippen LogP contribution is 2.26. The molecule has 138 valence electrons. The van der Waals surface area contributed by atoms with Crippen molar-refractivity contribution in [2.24, 2.45) is 5.73 Å². The standard InChI is InChI=1S/C16H20N4O2S.2ClH/c1-11(19-15(21)16(17)4-8-22-9-5-16)14-20-13(10-23-14)12-2-6-18-7-3-12;;/h2-3,6-7,10-11H,4-5,8-9,17H2,1H3,(H,19,21);2*1H. The second kappa shape index (κ2) is 9.45. The number of carbonyl (C=O) groups is 1. The monoisotopic (exact) mass is 404 g/mol. The quantitative estimate of drug-likeness (QED) is 0.817. The molecule has 3 heterocycles. The molecule has 2 aromatic heterocycles. The molecule has 0 saturated carbocycles. The molecule has 9 heteroatoms. The third kappa shape index (κ3) is 5.12. The molecule has 0 aromatic carbocycles. The van der Waals surface area contributed by atoms with Gasteiger partial charge in [0.05, 0.1) is 17.3 Å². The third-order valence-electron chi connectivity index (χ3n) is 4.05. The zero-order valence-corrected chi connectivity index (χ0v) is 16.3. The van der Waals surface area contributed by atoms with Crippen LogP contribution in [0.2, 0.25) is 0 Å². The smallest absolute Gasteiger partial charge is 0.240 e. The minimum absolute atomic E-state index is 0. The van der Waals surface area contributed by atoms with Crippen molar-refractivity contribution in [1.82, 2.24) is 15.3 Å². The molecule has 1 unspecified atom stereocenters. The zero-order valence-electron chi connectivity index (χ0n) is 13.8. The SMILES string of the molecule is CC(NC(=O)C1(N)CCOCC1)c1nc(-c2ccncc2)cs1.Cl.Cl. The van der Waals surface area contributed by atoms with Gasteiger partial charge in [0.2, 0.25) is 5.91 Å². The highest BCUT2D eigenvalue weighted by atomic mass is 35.5. The molecule has 0 bridgehead atoms. The highest BCUT2D eigenvalue weighted by Gasteiger charge is 2.36. The number of ether oxygens (including phenoxy) is 1. The molecule has 1 fully saturated rings. The molecule has 3 rings (SSSR count). The molecule has 1 aliphatic heterocycles. The summed E-state index contributed by atoms with van der Waals surface area (Å²) < 4.78 is 5.28. The Balaban J connectivity index is 0.00000156. The minimum atomic E-state index is -0.836. The van der Waals surface area contributed by atoms with Crippen LogP contribution >= 0.6 is 36.2 Å². The second-order valence-electron chi connectivity index (χ2n) is 5.77. The average Bonchev–Trinajstić information content (AvgIpc) is 3.06. The Morgan fingerprint density at radius 2 is 1.96 bits per heavy atom. The van der Waals surface area contributed by atoms with Crippen molar-refractivity contribution in [2.45, 2.75) is 31.3 Å². The van der Waals surface area contributed by atoms with Gasteiger partial charge >= 0.3 is 0 Å². The van der Waals surface area contributed by atoms with E-state index in [4.69, 9.17) is 10.5 Å². The minimum Gasteiger partial charge on any atom is -0.381 e. The van der Waals surface area contributed by atoms with E-state index in [0.717, 1.165) is 16.3 Å². The van der Waals surface area contributed by atoms with Gasteiger partial charge < -0.3 is 15.8 Å². The maximum absolute atomic E-state index is 12.5. The van der Waals surface area contributed by atoms with Gasteiger partial charge in [-0.3, -0.25) is 9.78 Å². The molecule has 1 saturated heterocycles. The molecule has 1 aliphatic rings. The fourth-order valence-electron chi connectivity index (χ4n) is 2.51. The van der Waals surface area contributed by atoms with Crippen molar-refractivity contribution in [1.29, 1.82) is 0 Å². The number of nitrogens with one attached hydrogen (secondary N) is 1. The van der Waals surface area contributed by atoms with Crippen LogP contribution in [0, 0.1) is 0 Å². The van der Waals surface area contributed by atoms with Crippen LogP contribution in [0.1, 0.15) is 30.8 Å². The van der Waals surface area contributed by atoms with Gasteiger partial charge in [-0.15, -0.1) is 36.2 Å². The van der Waals surface area contributed by atoms with Crippen molar-refractivity contribution >= 4 is 42.1 Å². The molecular formula is C16H22Cl2N4O2S. The molecule has 1 atom stereocenters. The van der Waals surface area contributed by atoms with E-state index in [2.05, 4.69) is 15.3 Å². The third-order valence-corrected chi connectivity index (χ3v) is 5.08. The number of thiazole rings is 1. The summed E-state index contributed by atoms with van der Waals surface area (Å²) in [5.41, 5.74) is 7.28. The van der Waals surface area contributed by atoms with Crippen molar-refractivity contribution in [3.05, 3.63) is 34.9 Å². The molecule has 2 aromatic rings. The van der Waals surface area contributed by atoms with E-state index in [-0.39, 0.29) is 36.8 Å². The number of nitrogens with two attached hydrogens (primary N) is 1. The molecular weight excluding hydrogens is 383 g/mol. The first-order chi connectivity index (χ1) is 11.1. The number of aromatic nitrogens is 2. The molecule has 25 heavy (non-hydrogen) atoms. The second-order valence-corrected chi connectivity index (χ2v) is 6.66. The Hall–Kier alpha value is -1.25. The summed E-state index contributed by atoms with van der Waals surface area (Å²) in [6, 6.07) is 3.66. The molecule has 6 nitrogen and oxygen atoms in total.